The van der Waals surface area contributed by atoms with Crippen molar-refractivity contribution in [2.75, 3.05) is 0 Å². The quantitative estimate of drug-likeness (QED) is 0.0623. The van der Waals surface area contributed by atoms with Crippen LogP contribution in [0.15, 0.2) is 12.4 Å². The predicted octanol–water partition coefficient (Wildman–Crippen LogP) is 14.1. The standard InChI is InChI=1S/C40H78N2/c1-5-8-11-13-15-17-19-20-21-22-23-24-26-28-30-32-35-39(34-10-7-3)40-41-36-37-42(40)38(4)33-31-29-27-25-18-16-14-12-9-6-2/h36-39H,5-35H2,1-4H3/p+1. The van der Waals surface area contributed by atoms with Gasteiger partial charge in [-0.2, -0.15) is 0 Å². The zero-order valence-electron chi connectivity index (χ0n) is 29.7. The van der Waals surface area contributed by atoms with Crippen molar-refractivity contribution in [2.45, 2.75) is 239 Å². The van der Waals surface area contributed by atoms with E-state index in [4.69, 9.17) is 0 Å². The second kappa shape index (κ2) is 30.2. The predicted molar refractivity (Wildman–Crippen MR) is 189 cm³/mol. The molecule has 1 aromatic rings. The van der Waals surface area contributed by atoms with Gasteiger partial charge in [-0.1, -0.05) is 194 Å². The van der Waals surface area contributed by atoms with Gasteiger partial charge in [0.15, 0.2) is 0 Å². The van der Waals surface area contributed by atoms with Gasteiger partial charge in [-0.3, -0.25) is 0 Å². The first kappa shape index (κ1) is 39.2. The van der Waals surface area contributed by atoms with E-state index in [9.17, 15) is 0 Å². The SMILES string of the molecule is CCCCCCCCCCCCCCCCCCC(CCCC)c1[nH]cc[n+]1C(C)CCCCCCCCCCCC. The highest BCUT2D eigenvalue weighted by Crippen LogP contribution is 2.27. The highest BCUT2D eigenvalue weighted by atomic mass is 15.1. The Morgan fingerprint density at radius 1 is 0.452 bits per heavy atom. The molecule has 0 aliphatic rings. The molecule has 0 amide bonds. The van der Waals surface area contributed by atoms with Gasteiger partial charge < -0.3 is 0 Å². The summed E-state index contributed by atoms with van der Waals surface area (Å²) in [5.41, 5.74) is 0. The smallest absolute Gasteiger partial charge is 0.247 e. The van der Waals surface area contributed by atoms with Crippen molar-refractivity contribution in [1.29, 1.82) is 0 Å². The molecule has 2 unspecified atom stereocenters. The van der Waals surface area contributed by atoms with Crippen molar-refractivity contribution in [1.82, 2.24) is 4.98 Å². The van der Waals surface area contributed by atoms with Crippen LogP contribution >= 0.6 is 0 Å². The Hall–Kier alpha value is -0.790. The number of rotatable bonds is 33. The molecule has 2 nitrogen and oxygen atoms in total. The first-order chi connectivity index (χ1) is 20.7. The molecule has 0 bridgehead atoms. The summed E-state index contributed by atoms with van der Waals surface area (Å²) >= 11 is 0. The number of unbranched alkanes of at least 4 members (excludes halogenated alkanes) is 25. The minimum absolute atomic E-state index is 0.621. The van der Waals surface area contributed by atoms with Gasteiger partial charge in [0.2, 0.25) is 0 Å². The number of aromatic nitrogens is 2. The van der Waals surface area contributed by atoms with E-state index in [0.29, 0.717) is 12.0 Å². The molecule has 0 saturated carbocycles. The van der Waals surface area contributed by atoms with Crippen LogP contribution in [-0.4, -0.2) is 4.98 Å². The summed E-state index contributed by atoms with van der Waals surface area (Å²) in [6.45, 7) is 9.42. The third-order valence-corrected chi connectivity index (χ3v) is 9.89. The second-order valence-corrected chi connectivity index (χ2v) is 14.0. The summed E-state index contributed by atoms with van der Waals surface area (Å²) in [4.78, 5) is 3.70. The number of aromatic amines is 1. The molecule has 42 heavy (non-hydrogen) atoms. The van der Waals surface area contributed by atoms with Gasteiger partial charge in [0.1, 0.15) is 12.4 Å². The van der Waals surface area contributed by atoms with E-state index in [1.165, 1.54) is 205 Å². The highest BCUT2D eigenvalue weighted by Gasteiger charge is 2.25. The molecule has 1 heterocycles. The normalized spacial score (nSPS) is 13.1. The minimum Gasteiger partial charge on any atom is -0.247 e. The number of hydrogen-bond donors (Lipinski definition) is 1. The van der Waals surface area contributed by atoms with Crippen molar-refractivity contribution >= 4 is 0 Å². The number of imidazole rings is 1. The summed E-state index contributed by atoms with van der Waals surface area (Å²) in [6, 6.07) is 0.621. The number of H-pyrrole nitrogens is 1. The van der Waals surface area contributed by atoms with E-state index in [-0.39, 0.29) is 0 Å². The fourth-order valence-corrected chi connectivity index (χ4v) is 6.94. The van der Waals surface area contributed by atoms with E-state index in [0.717, 1.165) is 0 Å². The summed E-state index contributed by atoms with van der Waals surface area (Å²) in [6.07, 6.45) is 48.7. The van der Waals surface area contributed by atoms with E-state index >= 15 is 0 Å². The Balaban J connectivity index is 2.16. The average molecular weight is 588 g/mol. The maximum Gasteiger partial charge on any atom is 0.257 e. The summed E-state index contributed by atoms with van der Waals surface area (Å²) < 4.78 is 2.61. The zero-order chi connectivity index (χ0) is 30.4. The topological polar surface area (TPSA) is 19.7 Å². The molecule has 0 aromatic carbocycles. The lowest BCUT2D eigenvalue weighted by Crippen LogP contribution is -2.41. The first-order valence-corrected chi connectivity index (χ1v) is 19.8. The highest BCUT2D eigenvalue weighted by molar-refractivity contribution is 4.90. The molecule has 0 aliphatic heterocycles. The Morgan fingerprint density at radius 3 is 1.19 bits per heavy atom. The fourth-order valence-electron chi connectivity index (χ4n) is 6.94. The first-order valence-electron chi connectivity index (χ1n) is 19.8. The Bertz CT molecular complexity index is 650. The third kappa shape index (κ3) is 21.8. The van der Waals surface area contributed by atoms with Gasteiger partial charge in [-0.05, 0) is 32.6 Å². The molecule has 1 N–H and O–H groups in total. The van der Waals surface area contributed by atoms with Gasteiger partial charge >= 0.3 is 0 Å². The van der Waals surface area contributed by atoms with Crippen LogP contribution in [0.5, 0.6) is 0 Å². The summed E-state index contributed by atoms with van der Waals surface area (Å²) in [5, 5.41) is 0. The van der Waals surface area contributed by atoms with Gasteiger partial charge in [0.25, 0.3) is 5.82 Å². The molecule has 2 atom stereocenters. The van der Waals surface area contributed by atoms with Crippen molar-refractivity contribution in [2.24, 2.45) is 0 Å². The van der Waals surface area contributed by atoms with Crippen LogP contribution < -0.4 is 4.57 Å². The molecule has 1 aromatic heterocycles. The number of nitrogens with zero attached hydrogens (tertiary/aromatic N) is 1. The van der Waals surface area contributed by atoms with Gasteiger partial charge in [-0.15, -0.1) is 0 Å². The number of nitrogens with one attached hydrogen (secondary N) is 1. The van der Waals surface area contributed by atoms with Gasteiger partial charge in [0, 0.05) is 0 Å². The monoisotopic (exact) mass is 588 g/mol. The average Bonchev–Trinajstić information content (AvgIpc) is 3.49. The lowest BCUT2D eigenvalue weighted by atomic mass is 9.93. The maximum atomic E-state index is 3.70. The maximum absolute atomic E-state index is 3.70. The fraction of sp³-hybridized carbons (Fsp3) is 0.925. The molecule has 0 radical (unpaired) electrons. The van der Waals surface area contributed by atoms with Gasteiger partial charge in [0.05, 0.1) is 12.0 Å². The summed E-state index contributed by atoms with van der Waals surface area (Å²) in [5.74, 6) is 2.23. The van der Waals surface area contributed by atoms with Crippen LogP contribution in [0.1, 0.15) is 245 Å². The van der Waals surface area contributed by atoms with E-state index < -0.39 is 0 Å². The van der Waals surface area contributed by atoms with E-state index in [1.807, 2.05) is 0 Å². The van der Waals surface area contributed by atoms with Gasteiger partial charge in [-0.25, -0.2) is 9.55 Å². The number of hydrogen-bond acceptors (Lipinski definition) is 0. The van der Waals surface area contributed by atoms with Crippen molar-refractivity contribution in [3.05, 3.63) is 18.2 Å². The molecular weight excluding hydrogens is 508 g/mol. The molecule has 0 aliphatic carbocycles. The molecule has 248 valence electrons. The van der Waals surface area contributed by atoms with Crippen LogP contribution in [0.3, 0.4) is 0 Å². The largest absolute Gasteiger partial charge is 0.257 e. The second-order valence-electron chi connectivity index (χ2n) is 14.0. The molecule has 2 heteroatoms. The lowest BCUT2D eigenvalue weighted by Gasteiger charge is -2.17. The van der Waals surface area contributed by atoms with Crippen molar-refractivity contribution < 1.29 is 4.57 Å². The van der Waals surface area contributed by atoms with Crippen molar-refractivity contribution in [3.8, 4) is 0 Å². The van der Waals surface area contributed by atoms with E-state index in [1.54, 1.807) is 0 Å². The Kier molecular flexibility index (Phi) is 28.3. The molecule has 1 rings (SSSR count). The van der Waals surface area contributed by atoms with Crippen LogP contribution in [0.25, 0.3) is 0 Å². The van der Waals surface area contributed by atoms with E-state index in [2.05, 4.69) is 49.6 Å². The minimum atomic E-state index is 0.621. The van der Waals surface area contributed by atoms with Crippen LogP contribution in [0.2, 0.25) is 0 Å². The molecule has 0 saturated heterocycles. The molecule has 0 fully saturated rings. The third-order valence-electron chi connectivity index (χ3n) is 9.89. The zero-order valence-corrected chi connectivity index (χ0v) is 29.7. The lowest BCUT2D eigenvalue weighted by molar-refractivity contribution is -0.727. The summed E-state index contributed by atoms with van der Waals surface area (Å²) in [7, 11) is 0. The molecular formula is C40H79N2+. The van der Waals surface area contributed by atoms with Crippen LogP contribution in [0.4, 0.5) is 0 Å². The molecule has 0 spiro atoms. The van der Waals surface area contributed by atoms with Crippen LogP contribution in [-0.2, 0) is 0 Å². The van der Waals surface area contributed by atoms with Crippen molar-refractivity contribution in [3.63, 3.8) is 0 Å². The van der Waals surface area contributed by atoms with Crippen LogP contribution in [0, 0.1) is 0 Å². The Morgan fingerprint density at radius 2 is 0.786 bits per heavy atom. The Labute approximate surface area is 266 Å².